The van der Waals surface area contributed by atoms with Crippen LogP contribution in [0.25, 0.3) is 0 Å². The molecule has 0 N–H and O–H groups in total. The van der Waals surface area contributed by atoms with E-state index in [1.54, 1.807) is 13.0 Å². The normalized spacial score (nSPS) is 13.9. The van der Waals surface area contributed by atoms with E-state index in [1.165, 1.54) is 6.08 Å². The quantitative estimate of drug-likeness (QED) is 0.377. The van der Waals surface area contributed by atoms with Crippen LogP contribution in [0.1, 0.15) is 6.92 Å². The summed E-state index contributed by atoms with van der Waals surface area (Å²) in [5.41, 5.74) is 0. The first-order valence-electron chi connectivity index (χ1n) is 1.97. The van der Waals surface area contributed by atoms with Crippen LogP contribution in [-0.2, 0) is 0 Å². The first-order valence-corrected chi connectivity index (χ1v) is 2.41. The molecule has 38 valence electrons. The second-order valence-corrected chi connectivity index (χ2v) is 1.85. The van der Waals surface area contributed by atoms with E-state index in [4.69, 9.17) is 16.9 Å². The van der Waals surface area contributed by atoms with Gasteiger partial charge in [-0.2, -0.15) is 5.26 Å². The lowest BCUT2D eigenvalue weighted by atomic mass is 10.4. The number of hydrogen-bond donors (Lipinski definition) is 0. The molecule has 0 heterocycles. The van der Waals surface area contributed by atoms with Crippen molar-refractivity contribution in [1.82, 2.24) is 0 Å². The molecule has 0 spiro atoms. The van der Waals surface area contributed by atoms with Crippen LogP contribution in [0.3, 0.4) is 0 Å². The Morgan fingerprint density at radius 1 is 1.86 bits per heavy atom. The second kappa shape index (κ2) is 3.70. The summed E-state index contributed by atoms with van der Waals surface area (Å²) >= 11 is 5.42. The Hall–Kier alpha value is -0.480. The molecule has 0 aliphatic heterocycles. The Balaban J connectivity index is 3.31. The van der Waals surface area contributed by atoms with Gasteiger partial charge in [0.25, 0.3) is 0 Å². The SMILES string of the molecule is CC(Cl)/C=C\C#N. The lowest BCUT2D eigenvalue weighted by molar-refractivity contribution is 1.23. The van der Waals surface area contributed by atoms with Crippen molar-refractivity contribution in [1.29, 1.82) is 5.26 Å². The van der Waals surface area contributed by atoms with Crippen molar-refractivity contribution in [2.24, 2.45) is 0 Å². The molecule has 1 unspecified atom stereocenters. The van der Waals surface area contributed by atoms with Gasteiger partial charge in [0.05, 0.1) is 6.07 Å². The summed E-state index contributed by atoms with van der Waals surface area (Å²) in [6.45, 7) is 1.80. The molecule has 0 aromatic heterocycles. The maximum absolute atomic E-state index is 7.92. The fourth-order valence-corrected chi connectivity index (χ4v) is 0.248. The van der Waals surface area contributed by atoms with E-state index < -0.39 is 0 Å². The topological polar surface area (TPSA) is 23.8 Å². The summed E-state index contributed by atoms with van der Waals surface area (Å²) < 4.78 is 0. The van der Waals surface area contributed by atoms with E-state index in [0.717, 1.165) is 0 Å². The summed E-state index contributed by atoms with van der Waals surface area (Å²) in [6.07, 6.45) is 3.00. The molecule has 0 bridgehead atoms. The van der Waals surface area contributed by atoms with Crippen LogP contribution in [0.2, 0.25) is 0 Å². The van der Waals surface area contributed by atoms with Crippen LogP contribution in [0, 0.1) is 11.3 Å². The Kier molecular flexibility index (Phi) is 3.45. The van der Waals surface area contributed by atoms with Crippen LogP contribution in [0.5, 0.6) is 0 Å². The lowest BCUT2D eigenvalue weighted by Crippen LogP contribution is -1.78. The van der Waals surface area contributed by atoms with Crippen molar-refractivity contribution < 1.29 is 0 Å². The highest BCUT2D eigenvalue weighted by Crippen LogP contribution is 1.92. The molecule has 7 heavy (non-hydrogen) atoms. The van der Waals surface area contributed by atoms with E-state index >= 15 is 0 Å². The van der Waals surface area contributed by atoms with Gasteiger partial charge in [-0.15, -0.1) is 11.6 Å². The Morgan fingerprint density at radius 3 is 2.57 bits per heavy atom. The molecule has 1 atom stereocenters. The molecule has 0 amide bonds. The van der Waals surface area contributed by atoms with Crippen LogP contribution in [0.15, 0.2) is 12.2 Å². The number of rotatable bonds is 1. The Bertz CT molecular complexity index is 99.1. The number of nitrogens with zero attached hydrogens (tertiary/aromatic N) is 1. The van der Waals surface area contributed by atoms with Crippen molar-refractivity contribution in [2.75, 3.05) is 0 Å². The van der Waals surface area contributed by atoms with Gasteiger partial charge in [0, 0.05) is 11.5 Å². The minimum atomic E-state index is -0.0281. The smallest absolute Gasteiger partial charge is 0.0909 e. The van der Waals surface area contributed by atoms with E-state index in [2.05, 4.69) is 0 Å². The molecule has 0 saturated heterocycles. The van der Waals surface area contributed by atoms with E-state index in [0.29, 0.717) is 0 Å². The van der Waals surface area contributed by atoms with Crippen LogP contribution < -0.4 is 0 Å². The summed E-state index contributed by atoms with van der Waals surface area (Å²) in [5, 5.41) is 7.89. The van der Waals surface area contributed by atoms with Gasteiger partial charge in [-0.1, -0.05) is 6.08 Å². The predicted molar refractivity (Wildman–Crippen MR) is 30.1 cm³/mol. The molecular formula is C5H6ClN. The number of nitriles is 1. The van der Waals surface area contributed by atoms with E-state index in [9.17, 15) is 0 Å². The van der Waals surface area contributed by atoms with Gasteiger partial charge in [0.1, 0.15) is 0 Å². The van der Waals surface area contributed by atoms with Gasteiger partial charge >= 0.3 is 0 Å². The van der Waals surface area contributed by atoms with Crippen LogP contribution in [-0.4, -0.2) is 5.38 Å². The van der Waals surface area contributed by atoms with Crippen molar-refractivity contribution in [2.45, 2.75) is 12.3 Å². The zero-order chi connectivity index (χ0) is 5.70. The Morgan fingerprint density at radius 2 is 2.43 bits per heavy atom. The van der Waals surface area contributed by atoms with Gasteiger partial charge in [0.15, 0.2) is 0 Å². The molecule has 0 aromatic rings. The molecule has 0 saturated carbocycles. The largest absolute Gasteiger partial charge is 0.193 e. The number of halogens is 1. The maximum atomic E-state index is 7.92. The molecule has 1 nitrogen and oxygen atoms in total. The fourth-order valence-electron chi connectivity index (χ4n) is 0.176. The summed E-state index contributed by atoms with van der Waals surface area (Å²) in [7, 11) is 0. The molecule has 0 fully saturated rings. The third kappa shape index (κ3) is 5.52. The molecule has 0 aromatic carbocycles. The predicted octanol–water partition coefficient (Wildman–Crippen LogP) is 1.69. The minimum absolute atomic E-state index is 0.0281. The average molecular weight is 116 g/mol. The van der Waals surface area contributed by atoms with Crippen molar-refractivity contribution in [3.05, 3.63) is 12.2 Å². The second-order valence-electron chi connectivity index (χ2n) is 1.17. The molecular weight excluding hydrogens is 110 g/mol. The highest BCUT2D eigenvalue weighted by molar-refractivity contribution is 6.21. The summed E-state index contributed by atoms with van der Waals surface area (Å²) in [6, 6.07) is 1.83. The lowest BCUT2D eigenvalue weighted by Gasteiger charge is -1.83. The summed E-state index contributed by atoms with van der Waals surface area (Å²) in [4.78, 5) is 0. The van der Waals surface area contributed by atoms with E-state index in [-0.39, 0.29) is 5.38 Å². The zero-order valence-corrected chi connectivity index (χ0v) is 4.81. The molecule has 2 heteroatoms. The summed E-state index contributed by atoms with van der Waals surface area (Å²) in [5.74, 6) is 0. The molecule has 0 rings (SSSR count). The van der Waals surface area contributed by atoms with Crippen molar-refractivity contribution in [3.63, 3.8) is 0 Å². The highest BCUT2D eigenvalue weighted by atomic mass is 35.5. The third-order valence-corrected chi connectivity index (χ3v) is 0.581. The number of allylic oxidation sites excluding steroid dienone is 2. The minimum Gasteiger partial charge on any atom is -0.193 e. The third-order valence-electron chi connectivity index (χ3n) is 0.436. The first kappa shape index (κ1) is 6.52. The highest BCUT2D eigenvalue weighted by Gasteiger charge is 1.81. The first-order chi connectivity index (χ1) is 3.27. The van der Waals surface area contributed by atoms with Crippen LogP contribution in [0.4, 0.5) is 0 Å². The van der Waals surface area contributed by atoms with Gasteiger partial charge in [-0.3, -0.25) is 0 Å². The monoisotopic (exact) mass is 115 g/mol. The van der Waals surface area contributed by atoms with Gasteiger partial charge in [-0.25, -0.2) is 0 Å². The molecule has 0 aliphatic carbocycles. The average Bonchev–Trinajstić information content (AvgIpc) is 1.61. The zero-order valence-electron chi connectivity index (χ0n) is 4.06. The van der Waals surface area contributed by atoms with Gasteiger partial charge < -0.3 is 0 Å². The molecule has 0 aliphatic rings. The maximum Gasteiger partial charge on any atom is 0.0909 e. The number of hydrogen-bond acceptors (Lipinski definition) is 1. The van der Waals surface area contributed by atoms with Crippen molar-refractivity contribution in [3.8, 4) is 6.07 Å². The van der Waals surface area contributed by atoms with E-state index in [1.807, 2.05) is 6.07 Å². The fraction of sp³-hybridized carbons (Fsp3) is 0.400. The van der Waals surface area contributed by atoms with Crippen molar-refractivity contribution >= 4 is 11.6 Å². The molecule has 0 radical (unpaired) electrons. The number of alkyl halides is 1. The van der Waals surface area contributed by atoms with Gasteiger partial charge in [-0.05, 0) is 6.92 Å². The van der Waals surface area contributed by atoms with Gasteiger partial charge in [0.2, 0.25) is 0 Å². The standard InChI is InChI=1S/C5H6ClN/c1-5(6)3-2-4-7/h2-3,5H,1H3/b3-2-. The van der Waals surface area contributed by atoms with Crippen LogP contribution >= 0.6 is 11.6 Å². The Labute approximate surface area is 48.2 Å².